The van der Waals surface area contributed by atoms with Crippen LogP contribution in [0.25, 0.3) is 0 Å². The van der Waals surface area contributed by atoms with E-state index in [1.54, 1.807) is 13.8 Å². The number of anilines is 1. The van der Waals surface area contributed by atoms with Crippen molar-refractivity contribution in [1.82, 2.24) is 0 Å². The lowest BCUT2D eigenvalue weighted by molar-refractivity contribution is -0.385. The van der Waals surface area contributed by atoms with Gasteiger partial charge in [-0.25, -0.2) is 0 Å². The molecule has 0 aliphatic heterocycles. The third-order valence-corrected chi connectivity index (χ3v) is 6.40. The maximum absolute atomic E-state index is 13.5. The minimum Gasteiger partial charge on any atom is -0.508 e. The van der Waals surface area contributed by atoms with Crippen LogP contribution in [0.1, 0.15) is 25.2 Å². The van der Waals surface area contributed by atoms with Crippen molar-refractivity contribution in [2.24, 2.45) is 0 Å². The average Bonchev–Trinajstić information content (AvgIpc) is 2.66. The molecule has 0 amide bonds. The molecule has 0 heterocycles. The number of nitrogens with one attached hydrogen (secondary N) is 1. The van der Waals surface area contributed by atoms with E-state index in [0.29, 0.717) is 0 Å². The van der Waals surface area contributed by atoms with Gasteiger partial charge in [0.15, 0.2) is 5.78 Å². The largest absolute Gasteiger partial charge is 0.508 e. The van der Waals surface area contributed by atoms with Crippen LogP contribution < -0.4 is 5.32 Å². The molecule has 1 atom stereocenters. The monoisotopic (exact) mass is 459 g/mol. The standard InChI is InChI=1S/C17H19ClN3O8P/c1-3-28-30(27,29-4-2)17(13-10-12(22)6-8-15(13)20(23)24)19-14-7-5-11(18)9-16(14)21(25)26/h5-10,17,19,22H,3-4H2,1-2H3. The molecule has 13 heteroatoms. The third kappa shape index (κ3) is 5.25. The lowest BCUT2D eigenvalue weighted by Gasteiger charge is -2.28. The van der Waals surface area contributed by atoms with Gasteiger partial charge in [0.2, 0.25) is 0 Å². The minimum atomic E-state index is -4.15. The number of nitro groups is 2. The molecule has 0 aromatic heterocycles. The van der Waals surface area contributed by atoms with Gasteiger partial charge in [0, 0.05) is 17.2 Å². The highest BCUT2D eigenvalue weighted by Gasteiger charge is 2.42. The van der Waals surface area contributed by atoms with Gasteiger partial charge in [-0.2, -0.15) is 0 Å². The van der Waals surface area contributed by atoms with E-state index >= 15 is 0 Å². The summed E-state index contributed by atoms with van der Waals surface area (Å²) in [6.45, 7) is 2.96. The number of hydrogen-bond donors (Lipinski definition) is 2. The number of phenolic OH excluding ortho intramolecular Hbond substituents is 1. The first-order chi connectivity index (χ1) is 14.1. The summed E-state index contributed by atoms with van der Waals surface area (Å²) in [6.07, 6.45) is 0. The highest BCUT2D eigenvalue weighted by atomic mass is 35.5. The van der Waals surface area contributed by atoms with Crippen LogP contribution in [0.3, 0.4) is 0 Å². The quantitative estimate of drug-likeness (QED) is 0.275. The van der Waals surface area contributed by atoms with Crippen molar-refractivity contribution in [1.29, 1.82) is 0 Å². The molecule has 0 aliphatic rings. The zero-order valence-electron chi connectivity index (χ0n) is 16.0. The molecular weight excluding hydrogens is 441 g/mol. The van der Waals surface area contributed by atoms with Crippen molar-refractivity contribution in [2.75, 3.05) is 18.5 Å². The Bertz CT molecular complexity index is 993. The molecule has 2 aromatic rings. The molecule has 0 fully saturated rings. The van der Waals surface area contributed by atoms with Crippen LogP contribution in [0, 0.1) is 20.2 Å². The maximum atomic E-state index is 13.5. The second-order valence-corrected chi connectivity index (χ2v) is 8.39. The molecule has 11 nitrogen and oxygen atoms in total. The molecule has 0 spiro atoms. The summed E-state index contributed by atoms with van der Waals surface area (Å²) in [5, 5.41) is 35.7. The summed E-state index contributed by atoms with van der Waals surface area (Å²) < 4.78 is 24.2. The smallest absolute Gasteiger partial charge is 0.357 e. The van der Waals surface area contributed by atoms with Crippen LogP contribution in [0.5, 0.6) is 5.75 Å². The molecule has 162 valence electrons. The predicted molar refractivity (Wildman–Crippen MR) is 110 cm³/mol. The van der Waals surface area contributed by atoms with Crippen LogP contribution in [0.15, 0.2) is 36.4 Å². The molecule has 0 radical (unpaired) electrons. The van der Waals surface area contributed by atoms with Crippen LogP contribution in [0.4, 0.5) is 17.1 Å². The van der Waals surface area contributed by atoms with Crippen molar-refractivity contribution in [3.8, 4) is 5.75 Å². The van der Waals surface area contributed by atoms with E-state index in [2.05, 4.69) is 5.32 Å². The van der Waals surface area contributed by atoms with Crippen LogP contribution in [-0.4, -0.2) is 28.2 Å². The number of benzene rings is 2. The van der Waals surface area contributed by atoms with E-state index in [9.17, 15) is 29.9 Å². The minimum absolute atomic E-state index is 0.0647. The van der Waals surface area contributed by atoms with E-state index in [1.165, 1.54) is 12.1 Å². The molecule has 0 aliphatic carbocycles. The Kier molecular flexibility index (Phi) is 7.74. The Morgan fingerprint density at radius 3 is 2.20 bits per heavy atom. The molecule has 30 heavy (non-hydrogen) atoms. The summed E-state index contributed by atoms with van der Waals surface area (Å²) in [5.41, 5.74) is -1.28. The fourth-order valence-corrected chi connectivity index (χ4v) is 4.83. The molecule has 2 rings (SSSR count). The first-order valence-corrected chi connectivity index (χ1v) is 10.7. The lowest BCUT2D eigenvalue weighted by atomic mass is 10.1. The highest BCUT2D eigenvalue weighted by Crippen LogP contribution is 2.62. The van der Waals surface area contributed by atoms with Gasteiger partial charge >= 0.3 is 7.60 Å². The van der Waals surface area contributed by atoms with E-state index in [-0.39, 0.29) is 35.2 Å². The van der Waals surface area contributed by atoms with Gasteiger partial charge in [0.25, 0.3) is 11.4 Å². The molecule has 2 N–H and O–H groups in total. The number of rotatable bonds is 10. The van der Waals surface area contributed by atoms with E-state index < -0.39 is 34.6 Å². The summed E-state index contributed by atoms with van der Waals surface area (Å²) in [5.74, 6) is -1.88. The summed E-state index contributed by atoms with van der Waals surface area (Å²) in [6, 6.07) is 6.85. The molecule has 0 saturated heterocycles. The third-order valence-electron chi connectivity index (χ3n) is 3.89. The van der Waals surface area contributed by atoms with Gasteiger partial charge in [0.05, 0.1) is 28.6 Å². The van der Waals surface area contributed by atoms with Crippen LogP contribution in [-0.2, 0) is 13.6 Å². The van der Waals surface area contributed by atoms with E-state index in [4.69, 9.17) is 20.6 Å². The van der Waals surface area contributed by atoms with Gasteiger partial charge in [0.1, 0.15) is 11.4 Å². The summed E-state index contributed by atoms with van der Waals surface area (Å²) in [4.78, 5) is 21.6. The highest BCUT2D eigenvalue weighted by molar-refractivity contribution is 7.54. The fourth-order valence-electron chi connectivity index (χ4n) is 2.73. The molecular formula is C17H19ClN3O8P. The Morgan fingerprint density at radius 2 is 1.67 bits per heavy atom. The first-order valence-electron chi connectivity index (χ1n) is 8.69. The normalized spacial score (nSPS) is 12.4. The Hall–Kier alpha value is -2.72. The first kappa shape index (κ1) is 23.6. The second kappa shape index (κ2) is 9.86. The number of nitro benzene ring substituents is 2. The Morgan fingerprint density at radius 1 is 1.07 bits per heavy atom. The van der Waals surface area contributed by atoms with Crippen molar-refractivity contribution in [3.63, 3.8) is 0 Å². The van der Waals surface area contributed by atoms with Crippen molar-refractivity contribution in [2.45, 2.75) is 19.6 Å². The molecule has 0 saturated carbocycles. The number of halogens is 1. The van der Waals surface area contributed by atoms with E-state index in [1.807, 2.05) is 0 Å². The fraction of sp³-hybridized carbons (Fsp3) is 0.294. The molecule has 1 unspecified atom stereocenters. The zero-order valence-corrected chi connectivity index (χ0v) is 17.6. The van der Waals surface area contributed by atoms with Crippen molar-refractivity contribution < 1.29 is 28.6 Å². The number of phenols is 1. The Balaban J connectivity index is 2.74. The van der Waals surface area contributed by atoms with Gasteiger partial charge in [-0.1, -0.05) is 11.6 Å². The number of nitrogens with zero attached hydrogens (tertiary/aromatic N) is 2. The number of hydrogen-bond acceptors (Lipinski definition) is 9. The number of aromatic hydroxyl groups is 1. The maximum Gasteiger partial charge on any atom is 0.357 e. The van der Waals surface area contributed by atoms with Gasteiger partial charge < -0.3 is 19.5 Å². The van der Waals surface area contributed by atoms with Gasteiger partial charge in [-0.3, -0.25) is 24.8 Å². The van der Waals surface area contributed by atoms with Crippen LogP contribution in [0.2, 0.25) is 5.02 Å². The average molecular weight is 460 g/mol. The van der Waals surface area contributed by atoms with Crippen LogP contribution >= 0.6 is 19.2 Å². The molecule has 0 bridgehead atoms. The molecule has 2 aromatic carbocycles. The Labute approximate surface area is 176 Å². The zero-order chi connectivity index (χ0) is 22.5. The van der Waals surface area contributed by atoms with Gasteiger partial charge in [-0.05, 0) is 38.1 Å². The SMILES string of the molecule is CCOP(=O)(OCC)C(Nc1ccc(Cl)cc1[N+](=O)[O-])c1cc(O)ccc1[N+](=O)[O-]. The summed E-state index contributed by atoms with van der Waals surface area (Å²) in [7, 11) is -4.15. The lowest BCUT2D eigenvalue weighted by Crippen LogP contribution is -2.17. The van der Waals surface area contributed by atoms with Crippen molar-refractivity contribution in [3.05, 3.63) is 67.2 Å². The van der Waals surface area contributed by atoms with Crippen molar-refractivity contribution >= 4 is 36.3 Å². The second-order valence-electron chi connectivity index (χ2n) is 5.84. The van der Waals surface area contributed by atoms with E-state index in [0.717, 1.165) is 24.3 Å². The topological polar surface area (TPSA) is 154 Å². The predicted octanol–water partition coefficient (Wildman–Crippen LogP) is 5.24. The van der Waals surface area contributed by atoms with Gasteiger partial charge in [-0.15, -0.1) is 0 Å². The summed E-state index contributed by atoms with van der Waals surface area (Å²) >= 11 is 5.83.